The standard InChI is InChI=1S/C18H32O2Si/c1-7-8-12-18(19-14-15-20-18)13-10-9-11-16-21(5,6)17(2,3)4/h7H,1,8-10,12-15H2,2-6H3. The summed E-state index contributed by atoms with van der Waals surface area (Å²) in [5.41, 5.74) is 3.57. The minimum atomic E-state index is -1.46. The SMILES string of the molecule is C=CCCC1(CCCC#C[Si](C)(C)C(C)(C)C)OCCO1. The molecule has 120 valence electrons. The second-order valence-electron chi connectivity index (χ2n) is 7.47. The van der Waals surface area contributed by atoms with Crippen LogP contribution in [0.4, 0.5) is 0 Å². The Morgan fingerprint density at radius 3 is 2.33 bits per heavy atom. The van der Waals surface area contributed by atoms with Crippen LogP contribution < -0.4 is 0 Å². The molecule has 0 unspecified atom stereocenters. The maximum Gasteiger partial charge on any atom is 0.168 e. The molecule has 1 heterocycles. The smallest absolute Gasteiger partial charge is 0.168 e. The molecule has 2 nitrogen and oxygen atoms in total. The van der Waals surface area contributed by atoms with Gasteiger partial charge in [-0.3, -0.25) is 0 Å². The largest absolute Gasteiger partial charge is 0.348 e. The van der Waals surface area contributed by atoms with Crippen molar-refractivity contribution in [3.05, 3.63) is 12.7 Å². The zero-order chi connectivity index (χ0) is 16.0. The van der Waals surface area contributed by atoms with Gasteiger partial charge in [0.25, 0.3) is 0 Å². The Bertz CT molecular complexity index is 390. The number of rotatable bonds is 6. The molecule has 1 rings (SSSR count). The van der Waals surface area contributed by atoms with E-state index in [0.717, 1.165) is 32.1 Å². The topological polar surface area (TPSA) is 18.5 Å². The van der Waals surface area contributed by atoms with Crippen LogP contribution in [0.2, 0.25) is 18.1 Å². The average molecular weight is 309 g/mol. The molecule has 0 bridgehead atoms. The summed E-state index contributed by atoms with van der Waals surface area (Å²) >= 11 is 0. The Balaban J connectivity index is 2.44. The minimum Gasteiger partial charge on any atom is -0.348 e. The lowest BCUT2D eigenvalue weighted by molar-refractivity contribution is -0.166. The molecule has 0 aromatic rings. The van der Waals surface area contributed by atoms with Gasteiger partial charge < -0.3 is 9.47 Å². The molecule has 0 aromatic heterocycles. The van der Waals surface area contributed by atoms with Crippen LogP contribution in [0, 0.1) is 11.5 Å². The third-order valence-electron chi connectivity index (χ3n) is 4.68. The van der Waals surface area contributed by atoms with Gasteiger partial charge in [0.05, 0.1) is 13.2 Å². The molecular formula is C18H32O2Si. The molecule has 0 saturated carbocycles. The molecule has 0 N–H and O–H groups in total. The second-order valence-corrected chi connectivity index (χ2v) is 12.5. The minimum absolute atomic E-state index is 0.336. The molecule has 1 aliphatic heterocycles. The third-order valence-corrected chi connectivity index (χ3v) is 9.23. The van der Waals surface area contributed by atoms with E-state index in [9.17, 15) is 0 Å². The maximum absolute atomic E-state index is 5.83. The van der Waals surface area contributed by atoms with E-state index in [1.54, 1.807) is 0 Å². The molecule has 0 amide bonds. The van der Waals surface area contributed by atoms with Gasteiger partial charge in [-0.1, -0.05) is 39.9 Å². The van der Waals surface area contributed by atoms with Gasteiger partial charge in [0.1, 0.15) is 8.07 Å². The highest BCUT2D eigenvalue weighted by molar-refractivity contribution is 6.87. The lowest BCUT2D eigenvalue weighted by atomic mass is 10.0. The number of allylic oxidation sites excluding steroid dienone is 1. The highest BCUT2D eigenvalue weighted by Gasteiger charge is 2.35. The third kappa shape index (κ3) is 5.62. The first-order valence-corrected chi connectivity index (χ1v) is 11.1. The Morgan fingerprint density at radius 1 is 1.19 bits per heavy atom. The van der Waals surface area contributed by atoms with E-state index in [2.05, 4.69) is 51.9 Å². The molecule has 1 fully saturated rings. The number of unbranched alkanes of at least 4 members (excludes halogenated alkanes) is 1. The van der Waals surface area contributed by atoms with Crippen molar-refractivity contribution in [1.82, 2.24) is 0 Å². The van der Waals surface area contributed by atoms with Crippen LogP contribution in [-0.2, 0) is 9.47 Å². The molecule has 0 spiro atoms. The summed E-state index contributed by atoms with van der Waals surface area (Å²) in [6, 6.07) is 0. The van der Waals surface area contributed by atoms with Gasteiger partial charge in [-0.15, -0.1) is 18.0 Å². The van der Waals surface area contributed by atoms with E-state index in [1.807, 2.05) is 6.08 Å². The Morgan fingerprint density at radius 2 is 1.81 bits per heavy atom. The van der Waals surface area contributed by atoms with Gasteiger partial charge in [-0.05, 0) is 17.9 Å². The molecular weight excluding hydrogens is 276 g/mol. The van der Waals surface area contributed by atoms with Gasteiger partial charge in [-0.2, -0.15) is 0 Å². The highest BCUT2D eigenvalue weighted by Crippen LogP contribution is 2.35. The fraction of sp³-hybridized carbons (Fsp3) is 0.778. The molecule has 0 radical (unpaired) electrons. The average Bonchev–Trinajstić information content (AvgIpc) is 2.84. The molecule has 0 aliphatic carbocycles. The summed E-state index contributed by atoms with van der Waals surface area (Å²) < 4.78 is 11.7. The van der Waals surface area contributed by atoms with Crippen LogP contribution in [0.1, 0.15) is 52.9 Å². The molecule has 1 aliphatic rings. The Kier molecular flexibility index (Phi) is 6.71. The second kappa shape index (κ2) is 7.62. The number of hydrogen-bond acceptors (Lipinski definition) is 2. The van der Waals surface area contributed by atoms with Crippen molar-refractivity contribution in [2.45, 2.75) is 76.8 Å². The Labute approximate surface area is 132 Å². The van der Waals surface area contributed by atoms with Crippen molar-refractivity contribution < 1.29 is 9.47 Å². The van der Waals surface area contributed by atoms with Gasteiger partial charge in [-0.25, -0.2) is 0 Å². The quantitative estimate of drug-likeness (QED) is 0.300. The van der Waals surface area contributed by atoms with E-state index in [-0.39, 0.29) is 5.79 Å². The summed E-state index contributed by atoms with van der Waals surface area (Å²) in [5.74, 6) is 3.04. The van der Waals surface area contributed by atoms with Gasteiger partial charge in [0, 0.05) is 19.3 Å². The summed E-state index contributed by atoms with van der Waals surface area (Å²) in [6.45, 7) is 16.8. The maximum atomic E-state index is 5.83. The molecule has 0 atom stereocenters. The van der Waals surface area contributed by atoms with Crippen LogP contribution in [-0.4, -0.2) is 27.1 Å². The monoisotopic (exact) mass is 308 g/mol. The molecule has 21 heavy (non-hydrogen) atoms. The van der Waals surface area contributed by atoms with Crippen LogP contribution in [0.3, 0.4) is 0 Å². The van der Waals surface area contributed by atoms with E-state index in [4.69, 9.17) is 9.47 Å². The molecule has 3 heteroatoms. The van der Waals surface area contributed by atoms with Crippen molar-refractivity contribution in [3.8, 4) is 11.5 Å². The molecule has 0 aromatic carbocycles. The van der Waals surface area contributed by atoms with Gasteiger partial charge in [0.2, 0.25) is 0 Å². The van der Waals surface area contributed by atoms with Crippen molar-refractivity contribution in [2.75, 3.05) is 13.2 Å². The zero-order valence-corrected chi connectivity index (χ0v) is 15.6. The lowest BCUT2D eigenvalue weighted by Crippen LogP contribution is -2.35. The van der Waals surface area contributed by atoms with Crippen LogP contribution >= 0.6 is 0 Å². The van der Waals surface area contributed by atoms with Crippen LogP contribution in [0.25, 0.3) is 0 Å². The first-order valence-electron chi connectivity index (χ1n) is 8.11. The molecule has 1 saturated heterocycles. The van der Waals surface area contributed by atoms with Crippen molar-refractivity contribution in [3.63, 3.8) is 0 Å². The number of hydrogen-bond donors (Lipinski definition) is 0. The first kappa shape index (κ1) is 18.5. The summed E-state index contributed by atoms with van der Waals surface area (Å²) in [7, 11) is -1.46. The predicted molar refractivity (Wildman–Crippen MR) is 92.9 cm³/mol. The van der Waals surface area contributed by atoms with Gasteiger partial charge in [0.15, 0.2) is 5.79 Å². The zero-order valence-electron chi connectivity index (χ0n) is 14.6. The summed E-state index contributed by atoms with van der Waals surface area (Å²) in [5, 5.41) is 0.336. The first-order chi connectivity index (χ1) is 9.72. The van der Waals surface area contributed by atoms with Crippen LogP contribution in [0.5, 0.6) is 0 Å². The highest BCUT2D eigenvalue weighted by atomic mass is 28.3. The summed E-state index contributed by atoms with van der Waals surface area (Å²) in [4.78, 5) is 0. The van der Waals surface area contributed by atoms with Crippen molar-refractivity contribution in [1.29, 1.82) is 0 Å². The lowest BCUT2D eigenvalue weighted by Gasteiger charge is -2.31. The fourth-order valence-electron chi connectivity index (χ4n) is 2.15. The van der Waals surface area contributed by atoms with E-state index in [0.29, 0.717) is 18.3 Å². The normalized spacial score (nSPS) is 18.1. The number of ether oxygens (including phenoxy) is 2. The van der Waals surface area contributed by atoms with E-state index < -0.39 is 8.07 Å². The summed E-state index contributed by atoms with van der Waals surface area (Å²) in [6.07, 6.45) is 6.70. The van der Waals surface area contributed by atoms with Crippen molar-refractivity contribution >= 4 is 8.07 Å². The van der Waals surface area contributed by atoms with Crippen LogP contribution in [0.15, 0.2) is 12.7 Å². The van der Waals surface area contributed by atoms with Gasteiger partial charge >= 0.3 is 0 Å². The predicted octanol–water partition coefficient (Wildman–Crippen LogP) is 4.92. The van der Waals surface area contributed by atoms with E-state index >= 15 is 0 Å². The Hall–Kier alpha value is -0.563. The van der Waals surface area contributed by atoms with Crippen molar-refractivity contribution in [2.24, 2.45) is 0 Å². The fourth-order valence-corrected chi connectivity index (χ4v) is 3.09. The van der Waals surface area contributed by atoms with E-state index in [1.165, 1.54) is 0 Å².